The van der Waals surface area contributed by atoms with E-state index < -0.39 is 5.97 Å². The summed E-state index contributed by atoms with van der Waals surface area (Å²) in [5.74, 6) is 1.61. The highest BCUT2D eigenvalue weighted by atomic mass is 16.4. The summed E-state index contributed by atoms with van der Waals surface area (Å²) in [4.78, 5) is 17.7. The first-order valence-corrected chi connectivity index (χ1v) is 5.47. The SMILES string of the molecule is Cc1ccc(-c2cnc(CCCC(=O)O)[nH]2)o1. The standard InChI is InChI=1S/C12H14N2O3/c1-8-5-6-10(17-8)9-7-13-11(14-9)3-2-4-12(15)16/h5-7H,2-4H2,1H3,(H,13,14)(H,15,16). The first kappa shape index (κ1) is 11.4. The third-order valence-corrected chi connectivity index (χ3v) is 2.44. The van der Waals surface area contributed by atoms with Crippen LogP contribution in [0.3, 0.4) is 0 Å². The molecule has 0 saturated heterocycles. The van der Waals surface area contributed by atoms with Crippen LogP contribution in [0.25, 0.3) is 11.5 Å². The molecule has 90 valence electrons. The molecule has 2 aromatic rings. The third kappa shape index (κ3) is 2.96. The summed E-state index contributed by atoms with van der Waals surface area (Å²) in [7, 11) is 0. The van der Waals surface area contributed by atoms with Crippen molar-refractivity contribution in [1.82, 2.24) is 9.97 Å². The Morgan fingerprint density at radius 3 is 3.00 bits per heavy atom. The Morgan fingerprint density at radius 2 is 2.35 bits per heavy atom. The Labute approximate surface area is 98.5 Å². The lowest BCUT2D eigenvalue weighted by atomic mass is 10.2. The zero-order valence-corrected chi connectivity index (χ0v) is 9.56. The van der Waals surface area contributed by atoms with Crippen LogP contribution in [0.15, 0.2) is 22.7 Å². The van der Waals surface area contributed by atoms with E-state index in [0.29, 0.717) is 12.8 Å². The highest BCUT2D eigenvalue weighted by Crippen LogP contribution is 2.20. The number of aromatic amines is 1. The minimum absolute atomic E-state index is 0.163. The zero-order chi connectivity index (χ0) is 12.3. The molecule has 0 amide bonds. The molecule has 5 nitrogen and oxygen atoms in total. The predicted octanol–water partition coefficient (Wildman–Crippen LogP) is 2.39. The number of aryl methyl sites for hydroxylation is 2. The van der Waals surface area contributed by atoms with Gasteiger partial charge in [-0.05, 0) is 25.5 Å². The summed E-state index contributed by atoms with van der Waals surface area (Å²) >= 11 is 0. The number of furan rings is 1. The van der Waals surface area contributed by atoms with Gasteiger partial charge in [0.2, 0.25) is 0 Å². The molecular formula is C12H14N2O3. The van der Waals surface area contributed by atoms with E-state index in [-0.39, 0.29) is 6.42 Å². The predicted molar refractivity (Wildman–Crippen MR) is 61.6 cm³/mol. The first-order valence-electron chi connectivity index (χ1n) is 5.47. The summed E-state index contributed by atoms with van der Waals surface area (Å²) in [5.41, 5.74) is 0.823. The average molecular weight is 234 g/mol. The van der Waals surface area contributed by atoms with Crippen LogP contribution in [0.2, 0.25) is 0 Å². The van der Waals surface area contributed by atoms with Gasteiger partial charge in [0.25, 0.3) is 0 Å². The second kappa shape index (κ2) is 4.86. The van der Waals surface area contributed by atoms with Gasteiger partial charge in [0.1, 0.15) is 17.3 Å². The van der Waals surface area contributed by atoms with Crippen molar-refractivity contribution in [2.45, 2.75) is 26.2 Å². The van der Waals surface area contributed by atoms with E-state index in [9.17, 15) is 4.79 Å². The van der Waals surface area contributed by atoms with Crippen LogP contribution in [-0.2, 0) is 11.2 Å². The normalized spacial score (nSPS) is 10.6. The average Bonchev–Trinajstić information content (AvgIpc) is 2.86. The van der Waals surface area contributed by atoms with Gasteiger partial charge < -0.3 is 14.5 Å². The lowest BCUT2D eigenvalue weighted by Gasteiger charge is -1.94. The summed E-state index contributed by atoms with van der Waals surface area (Å²) in [6, 6.07) is 3.77. The molecule has 0 radical (unpaired) electrons. The number of hydrogen-bond donors (Lipinski definition) is 2. The van der Waals surface area contributed by atoms with Gasteiger partial charge in [-0.3, -0.25) is 4.79 Å². The Morgan fingerprint density at radius 1 is 1.53 bits per heavy atom. The molecule has 2 aromatic heterocycles. The van der Waals surface area contributed by atoms with Crippen molar-refractivity contribution in [3.05, 3.63) is 29.9 Å². The molecule has 0 aliphatic heterocycles. The summed E-state index contributed by atoms with van der Waals surface area (Å²) in [5, 5.41) is 8.53. The molecule has 0 unspecified atom stereocenters. The molecule has 0 spiro atoms. The van der Waals surface area contributed by atoms with Crippen LogP contribution in [0.1, 0.15) is 24.4 Å². The monoisotopic (exact) mass is 234 g/mol. The number of carbonyl (C=O) groups is 1. The van der Waals surface area contributed by atoms with Crippen LogP contribution in [0, 0.1) is 6.92 Å². The summed E-state index contributed by atoms with van der Waals surface area (Å²) in [6.07, 6.45) is 3.08. The van der Waals surface area contributed by atoms with E-state index in [2.05, 4.69) is 9.97 Å². The molecule has 2 N–H and O–H groups in total. The van der Waals surface area contributed by atoms with Gasteiger partial charge in [-0.15, -0.1) is 0 Å². The van der Waals surface area contributed by atoms with E-state index in [1.807, 2.05) is 19.1 Å². The van der Waals surface area contributed by atoms with Crippen molar-refractivity contribution < 1.29 is 14.3 Å². The van der Waals surface area contributed by atoms with Crippen molar-refractivity contribution in [3.8, 4) is 11.5 Å². The maximum Gasteiger partial charge on any atom is 0.303 e. The number of aromatic nitrogens is 2. The molecule has 0 bridgehead atoms. The first-order chi connectivity index (χ1) is 8.15. The van der Waals surface area contributed by atoms with Crippen LogP contribution < -0.4 is 0 Å². The Bertz CT molecular complexity index is 513. The number of nitrogens with one attached hydrogen (secondary N) is 1. The van der Waals surface area contributed by atoms with Gasteiger partial charge in [0.05, 0.1) is 6.20 Å². The van der Waals surface area contributed by atoms with Gasteiger partial charge in [-0.2, -0.15) is 0 Å². The third-order valence-electron chi connectivity index (χ3n) is 2.44. The topological polar surface area (TPSA) is 79.1 Å². The van der Waals surface area contributed by atoms with Crippen molar-refractivity contribution in [2.75, 3.05) is 0 Å². The highest BCUT2D eigenvalue weighted by molar-refractivity contribution is 5.66. The molecule has 0 aliphatic rings. The van der Waals surface area contributed by atoms with E-state index >= 15 is 0 Å². The fourth-order valence-corrected chi connectivity index (χ4v) is 1.60. The van der Waals surface area contributed by atoms with E-state index in [1.165, 1.54) is 0 Å². The molecule has 2 rings (SSSR count). The molecule has 0 fully saturated rings. The fourth-order valence-electron chi connectivity index (χ4n) is 1.60. The number of H-pyrrole nitrogens is 1. The van der Waals surface area contributed by atoms with Gasteiger partial charge in [-0.25, -0.2) is 4.98 Å². The number of aliphatic carboxylic acids is 1. The molecule has 5 heteroatoms. The minimum Gasteiger partial charge on any atom is -0.481 e. The smallest absolute Gasteiger partial charge is 0.303 e. The van der Waals surface area contributed by atoms with Gasteiger partial charge in [0, 0.05) is 12.8 Å². The van der Waals surface area contributed by atoms with Crippen molar-refractivity contribution >= 4 is 5.97 Å². The molecule has 0 aliphatic carbocycles. The number of rotatable bonds is 5. The lowest BCUT2D eigenvalue weighted by molar-refractivity contribution is -0.137. The molecule has 0 saturated carbocycles. The second-order valence-electron chi connectivity index (χ2n) is 3.90. The van der Waals surface area contributed by atoms with E-state index in [4.69, 9.17) is 9.52 Å². The number of carboxylic acid groups (broad SMARTS) is 1. The van der Waals surface area contributed by atoms with Crippen molar-refractivity contribution in [2.24, 2.45) is 0 Å². The lowest BCUT2D eigenvalue weighted by Crippen LogP contribution is -1.96. The zero-order valence-electron chi connectivity index (χ0n) is 9.56. The Kier molecular flexibility index (Phi) is 3.27. The number of imidazole rings is 1. The number of nitrogens with zero attached hydrogens (tertiary/aromatic N) is 1. The van der Waals surface area contributed by atoms with Crippen molar-refractivity contribution in [3.63, 3.8) is 0 Å². The largest absolute Gasteiger partial charge is 0.481 e. The van der Waals surface area contributed by atoms with Gasteiger partial charge >= 0.3 is 5.97 Å². The van der Waals surface area contributed by atoms with Crippen LogP contribution in [0.4, 0.5) is 0 Å². The highest BCUT2D eigenvalue weighted by Gasteiger charge is 2.07. The minimum atomic E-state index is -0.779. The van der Waals surface area contributed by atoms with Crippen molar-refractivity contribution in [1.29, 1.82) is 0 Å². The maximum atomic E-state index is 10.4. The second-order valence-corrected chi connectivity index (χ2v) is 3.90. The molecular weight excluding hydrogens is 220 g/mol. The fraction of sp³-hybridized carbons (Fsp3) is 0.333. The quantitative estimate of drug-likeness (QED) is 0.832. The van der Waals surface area contributed by atoms with Crippen LogP contribution in [0.5, 0.6) is 0 Å². The van der Waals surface area contributed by atoms with E-state index in [1.54, 1.807) is 6.20 Å². The number of hydrogen-bond acceptors (Lipinski definition) is 3. The maximum absolute atomic E-state index is 10.4. The van der Waals surface area contributed by atoms with Gasteiger partial charge in [-0.1, -0.05) is 0 Å². The Hall–Kier alpha value is -2.04. The van der Waals surface area contributed by atoms with E-state index in [0.717, 1.165) is 23.0 Å². The molecule has 0 aromatic carbocycles. The molecule has 17 heavy (non-hydrogen) atoms. The van der Waals surface area contributed by atoms with Gasteiger partial charge in [0.15, 0.2) is 5.76 Å². The van der Waals surface area contributed by atoms with Crippen LogP contribution >= 0.6 is 0 Å². The summed E-state index contributed by atoms with van der Waals surface area (Å²) < 4.78 is 5.46. The molecule has 0 atom stereocenters. The number of carboxylic acids is 1. The molecule has 2 heterocycles. The Balaban J connectivity index is 1.98. The van der Waals surface area contributed by atoms with Crippen LogP contribution in [-0.4, -0.2) is 21.0 Å². The summed E-state index contributed by atoms with van der Waals surface area (Å²) in [6.45, 7) is 1.88.